The van der Waals surface area contributed by atoms with Crippen LogP contribution < -0.4 is 5.32 Å². The normalized spacial score (nSPS) is 12.3. The Morgan fingerprint density at radius 2 is 2.15 bits per heavy atom. The van der Waals surface area contributed by atoms with Crippen molar-refractivity contribution in [1.29, 1.82) is 0 Å². The molecule has 4 nitrogen and oxygen atoms in total. The highest BCUT2D eigenvalue weighted by atomic mass is 79.9. The molecule has 1 amide bonds. The number of halogens is 1. The van der Waals surface area contributed by atoms with Crippen molar-refractivity contribution in [3.8, 4) is 0 Å². The van der Waals surface area contributed by atoms with Crippen LogP contribution in [0.2, 0.25) is 0 Å². The minimum absolute atomic E-state index is 0.404. The molecule has 20 heavy (non-hydrogen) atoms. The Hall–Kier alpha value is -1.62. The number of carboxylic acid groups (broad SMARTS) is 1. The number of carboxylic acids is 1. The van der Waals surface area contributed by atoms with Crippen LogP contribution in [0, 0.1) is 6.92 Å². The van der Waals surface area contributed by atoms with Crippen molar-refractivity contribution in [3.05, 3.63) is 39.9 Å². The molecule has 0 aromatic heterocycles. The van der Waals surface area contributed by atoms with Crippen LogP contribution in [0.4, 0.5) is 0 Å². The number of hydrogen-bond donors (Lipinski definition) is 2. The lowest BCUT2D eigenvalue weighted by Crippen LogP contribution is -2.39. The summed E-state index contributed by atoms with van der Waals surface area (Å²) in [6, 6.07) is 4.96. The van der Waals surface area contributed by atoms with Crippen LogP contribution in [0.5, 0.6) is 0 Å². The minimum atomic E-state index is -1.01. The molecule has 0 fully saturated rings. The molecular weight excluding hydrogens is 322 g/mol. The van der Waals surface area contributed by atoms with Gasteiger partial charge in [-0.05, 0) is 36.6 Å². The van der Waals surface area contributed by atoms with Gasteiger partial charge in [-0.3, -0.25) is 4.79 Å². The number of aryl methyl sites for hydroxylation is 1. The van der Waals surface area contributed by atoms with Crippen molar-refractivity contribution >= 4 is 33.9 Å². The largest absolute Gasteiger partial charge is 0.480 e. The molecule has 0 spiro atoms. The van der Waals surface area contributed by atoms with Crippen molar-refractivity contribution in [2.75, 3.05) is 0 Å². The summed E-state index contributed by atoms with van der Waals surface area (Å²) < 4.78 is 0.893. The minimum Gasteiger partial charge on any atom is -0.480 e. The standard InChI is InChI=1S/C15H18BrNO3/c1-3-4-13(15(19)20)17-14(18)8-7-11-6-5-10(2)9-12(11)16/h5-9,13H,3-4H2,1-2H3,(H,17,18)(H,19,20)/b8-7+/t13-/m0/s1. The van der Waals surface area contributed by atoms with Gasteiger partial charge < -0.3 is 10.4 Å². The van der Waals surface area contributed by atoms with Gasteiger partial charge in [0.05, 0.1) is 0 Å². The van der Waals surface area contributed by atoms with E-state index < -0.39 is 17.9 Å². The summed E-state index contributed by atoms with van der Waals surface area (Å²) in [5.41, 5.74) is 1.99. The first-order valence-electron chi connectivity index (χ1n) is 6.41. The van der Waals surface area contributed by atoms with Crippen molar-refractivity contribution in [1.82, 2.24) is 5.32 Å². The third-order valence-corrected chi connectivity index (χ3v) is 3.45. The highest BCUT2D eigenvalue weighted by Gasteiger charge is 2.17. The predicted octanol–water partition coefficient (Wildman–Crippen LogP) is 3.14. The first-order chi connectivity index (χ1) is 9.43. The zero-order valence-electron chi connectivity index (χ0n) is 11.5. The highest BCUT2D eigenvalue weighted by molar-refractivity contribution is 9.10. The lowest BCUT2D eigenvalue weighted by Gasteiger charge is -2.11. The van der Waals surface area contributed by atoms with E-state index in [-0.39, 0.29) is 0 Å². The molecule has 1 aromatic rings. The number of benzene rings is 1. The summed E-state index contributed by atoms with van der Waals surface area (Å²) in [6.45, 7) is 3.86. The third-order valence-electron chi connectivity index (χ3n) is 2.76. The van der Waals surface area contributed by atoms with Gasteiger partial charge in [-0.25, -0.2) is 4.79 Å². The number of nitrogens with one attached hydrogen (secondary N) is 1. The average molecular weight is 340 g/mol. The van der Waals surface area contributed by atoms with Gasteiger partial charge in [-0.15, -0.1) is 0 Å². The van der Waals surface area contributed by atoms with Crippen LogP contribution in [0.15, 0.2) is 28.7 Å². The predicted molar refractivity (Wildman–Crippen MR) is 82.4 cm³/mol. The number of hydrogen-bond acceptors (Lipinski definition) is 2. The van der Waals surface area contributed by atoms with Gasteiger partial charge in [0.15, 0.2) is 0 Å². The second kappa shape index (κ2) is 7.85. The van der Waals surface area contributed by atoms with Crippen molar-refractivity contribution in [2.24, 2.45) is 0 Å². The molecule has 0 bridgehead atoms. The summed E-state index contributed by atoms with van der Waals surface area (Å²) in [4.78, 5) is 22.7. The molecule has 0 radical (unpaired) electrons. The van der Waals surface area contributed by atoms with Gasteiger partial charge in [0.1, 0.15) is 6.04 Å². The summed E-state index contributed by atoms with van der Waals surface area (Å²) >= 11 is 3.42. The molecule has 0 aliphatic heterocycles. The second-order valence-electron chi connectivity index (χ2n) is 4.55. The first-order valence-corrected chi connectivity index (χ1v) is 7.21. The van der Waals surface area contributed by atoms with Gasteiger partial charge in [-0.1, -0.05) is 41.4 Å². The Kier molecular flexibility index (Phi) is 6.45. The molecule has 1 aromatic carbocycles. The molecule has 0 saturated carbocycles. The van der Waals surface area contributed by atoms with Crippen LogP contribution in [0.3, 0.4) is 0 Å². The van der Waals surface area contributed by atoms with Gasteiger partial charge in [0, 0.05) is 10.5 Å². The number of carbonyl (C=O) groups is 2. The quantitative estimate of drug-likeness (QED) is 0.782. The number of carbonyl (C=O) groups excluding carboxylic acids is 1. The molecule has 0 aliphatic carbocycles. The van der Waals surface area contributed by atoms with Crippen LogP contribution >= 0.6 is 15.9 Å². The van der Waals surface area contributed by atoms with Gasteiger partial charge in [0.25, 0.3) is 0 Å². The molecule has 1 rings (SSSR count). The van der Waals surface area contributed by atoms with Crippen molar-refractivity contribution < 1.29 is 14.7 Å². The average Bonchev–Trinajstić information content (AvgIpc) is 2.37. The fourth-order valence-electron chi connectivity index (χ4n) is 1.70. The van der Waals surface area contributed by atoms with Crippen molar-refractivity contribution in [3.63, 3.8) is 0 Å². The van der Waals surface area contributed by atoms with E-state index in [9.17, 15) is 9.59 Å². The topological polar surface area (TPSA) is 66.4 Å². The Labute approximate surface area is 127 Å². The van der Waals surface area contributed by atoms with E-state index >= 15 is 0 Å². The second-order valence-corrected chi connectivity index (χ2v) is 5.40. The Morgan fingerprint density at radius 3 is 2.70 bits per heavy atom. The first kappa shape index (κ1) is 16.4. The SMILES string of the molecule is CCC[C@H](NC(=O)/C=C/c1ccc(C)cc1Br)C(=O)O. The summed E-state index contributed by atoms with van der Waals surface area (Å²) in [7, 11) is 0. The van der Waals surface area contributed by atoms with E-state index in [0.29, 0.717) is 12.8 Å². The van der Waals surface area contributed by atoms with Crippen LogP contribution in [-0.4, -0.2) is 23.0 Å². The van der Waals surface area contributed by atoms with E-state index in [0.717, 1.165) is 15.6 Å². The summed E-state index contributed by atoms with van der Waals surface area (Å²) in [5, 5.41) is 11.4. The summed E-state index contributed by atoms with van der Waals surface area (Å²) in [5.74, 6) is -1.41. The molecule has 0 aliphatic rings. The Bertz CT molecular complexity index is 526. The molecule has 1 atom stereocenters. The lowest BCUT2D eigenvalue weighted by molar-refractivity contribution is -0.141. The van der Waals surface area contributed by atoms with E-state index in [1.54, 1.807) is 6.08 Å². The van der Waals surface area contributed by atoms with E-state index in [1.807, 2.05) is 32.0 Å². The zero-order valence-corrected chi connectivity index (χ0v) is 13.1. The van der Waals surface area contributed by atoms with E-state index in [4.69, 9.17) is 5.11 Å². The molecular formula is C15H18BrNO3. The van der Waals surface area contributed by atoms with Gasteiger partial charge >= 0.3 is 5.97 Å². The van der Waals surface area contributed by atoms with Gasteiger partial charge in [-0.2, -0.15) is 0 Å². The molecule has 0 unspecified atom stereocenters. The number of rotatable bonds is 6. The molecule has 2 N–H and O–H groups in total. The molecule has 108 valence electrons. The van der Waals surface area contributed by atoms with Crippen LogP contribution in [-0.2, 0) is 9.59 Å². The van der Waals surface area contributed by atoms with E-state index in [2.05, 4.69) is 21.2 Å². The smallest absolute Gasteiger partial charge is 0.326 e. The number of aliphatic carboxylic acids is 1. The fourth-order valence-corrected chi connectivity index (χ4v) is 2.32. The maximum absolute atomic E-state index is 11.7. The monoisotopic (exact) mass is 339 g/mol. The Morgan fingerprint density at radius 1 is 1.45 bits per heavy atom. The fraction of sp³-hybridized carbons (Fsp3) is 0.333. The third kappa shape index (κ3) is 5.17. The molecule has 0 heterocycles. The van der Waals surface area contributed by atoms with E-state index in [1.165, 1.54) is 6.08 Å². The van der Waals surface area contributed by atoms with Crippen molar-refractivity contribution in [2.45, 2.75) is 32.7 Å². The lowest BCUT2D eigenvalue weighted by atomic mass is 10.1. The summed E-state index contributed by atoms with van der Waals surface area (Å²) in [6.07, 6.45) is 4.12. The maximum atomic E-state index is 11.7. The maximum Gasteiger partial charge on any atom is 0.326 e. The highest BCUT2D eigenvalue weighted by Crippen LogP contribution is 2.19. The number of amides is 1. The Balaban J connectivity index is 2.69. The van der Waals surface area contributed by atoms with Crippen LogP contribution in [0.25, 0.3) is 6.08 Å². The van der Waals surface area contributed by atoms with Crippen LogP contribution in [0.1, 0.15) is 30.9 Å². The molecule has 5 heteroatoms. The zero-order chi connectivity index (χ0) is 15.1. The molecule has 0 saturated heterocycles. The van der Waals surface area contributed by atoms with Gasteiger partial charge in [0.2, 0.25) is 5.91 Å².